The fourth-order valence-electron chi connectivity index (χ4n) is 4.30. The molecule has 2 atom stereocenters. The van der Waals surface area contributed by atoms with Crippen molar-refractivity contribution in [2.24, 2.45) is 0 Å². The Morgan fingerprint density at radius 2 is 2.10 bits per heavy atom. The number of aromatic nitrogens is 2. The Labute approximate surface area is 237 Å². The van der Waals surface area contributed by atoms with E-state index in [2.05, 4.69) is 32.8 Å². The van der Waals surface area contributed by atoms with E-state index >= 15 is 0 Å². The molecule has 0 saturated carbocycles. The molecule has 14 heteroatoms. The first kappa shape index (κ1) is 29.6. The summed E-state index contributed by atoms with van der Waals surface area (Å²) in [6, 6.07) is 5.72. The lowest BCUT2D eigenvalue weighted by atomic mass is 10.0. The molecule has 3 N–H and O–H groups in total. The van der Waals surface area contributed by atoms with Crippen LogP contribution in [0.15, 0.2) is 35.5 Å². The molecule has 3 aromatic rings. The van der Waals surface area contributed by atoms with Gasteiger partial charge in [-0.3, -0.25) is 9.20 Å². The van der Waals surface area contributed by atoms with E-state index in [1.165, 1.54) is 36.9 Å². The maximum atomic E-state index is 14.6. The van der Waals surface area contributed by atoms with Crippen LogP contribution in [-0.4, -0.2) is 78.8 Å². The lowest BCUT2D eigenvalue weighted by molar-refractivity contribution is -0.0330. The second-order valence-electron chi connectivity index (χ2n) is 9.01. The molecule has 0 radical (unpaired) electrons. The van der Waals surface area contributed by atoms with Crippen molar-refractivity contribution < 1.29 is 27.1 Å². The minimum absolute atomic E-state index is 0.0141. The second kappa shape index (κ2) is 12.4. The number of fused-ring (bicyclic) bond motifs is 1. The number of likely N-dealkylation sites (tertiary alicyclic amines) is 1. The molecule has 0 bridgehead atoms. The number of methoxy groups -OCH3 is 1. The summed E-state index contributed by atoms with van der Waals surface area (Å²) in [6.45, 7) is 0.970. The predicted octanol–water partition coefficient (Wildman–Crippen LogP) is 4.89. The van der Waals surface area contributed by atoms with Gasteiger partial charge in [0.25, 0.3) is 5.91 Å². The number of anilines is 2. The molecule has 0 spiro atoms. The summed E-state index contributed by atoms with van der Waals surface area (Å²) in [4.78, 5) is 18.3. The van der Waals surface area contributed by atoms with Gasteiger partial charge in [0.15, 0.2) is 5.65 Å². The van der Waals surface area contributed by atoms with E-state index in [0.29, 0.717) is 30.1 Å². The quantitative estimate of drug-likeness (QED) is 0.203. The molecule has 1 aromatic carbocycles. The molecule has 0 aliphatic carbocycles. The maximum Gasteiger partial charge on any atom is 0.447 e. The molecule has 214 valence electrons. The zero-order valence-corrected chi connectivity index (χ0v) is 23.4. The number of carbonyl (C=O) groups is 1. The smallest absolute Gasteiger partial charge is 0.447 e. The molecule has 1 aliphatic heterocycles. The van der Waals surface area contributed by atoms with E-state index in [1.54, 1.807) is 12.1 Å². The Hall–Kier alpha value is -3.34. The van der Waals surface area contributed by atoms with Crippen molar-refractivity contribution in [1.82, 2.24) is 19.6 Å². The van der Waals surface area contributed by atoms with Gasteiger partial charge in [0.2, 0.25) is 0 Å². The summed E-state index contributed by atoms with van der Waals surface area (Å²) in [5.74, 6) is 5.46. The van der Waals surface area contributed by atoms with Crippen LogP contribution in [0.2, 0.25) is 5.02 Å². The molecule has 2 aromatic heterocycles. The second-order valence-corrected chi connectivity index (χ2v) is 10.5. The highest BCUT2D eigenvalue weighted by molar-refractivity contribution is 8.00. The lowest BCUT2D eigenvalue weighted by Crippen LogP contribution is -2.46. The SMILES string of the molecule is CNC(=O)c1cc(OC)c(NCC#Cc2nc3c(N[C@@H]4CCN(C)C[C@@H]4F)cccn3c2SC(F)(F)F)cc1Cl. The maximum absolute atomic E-state index is 14.6. The number of alkyl halides is 4. The van der Waals surface area contributed by atoms with Crippen LogP contribution in [0, 0.1) is 11.8 Å². The van der Waals surface area contributed by atoms with Gasteiger partial charge >= 0.3 is 5.51 Å². The average molecular weight is 599 g/mol. The largest absolute Gasteiger partial charge is 0.495 e. The molecule has 0 unspecified atom stereocenters. The van der Waals surface area contributed by atoms with Gasteiger partial charge in [0.1, 0.15) is 22.6 Å². The van der Waals surface area contributed by atoms with Crippen LogP contribution in [0.1, 0.15) is 22.5 Å². The van der Waals surface area contributed by atoms with E-state index in [1.807, 2.05) is 11.9 Å². The number of piperidine rings is 1. The molecule has 8 nitrogen and oxygen atoms in total. The number of ether oxygens (including phenoxy) is 1. The highest BCUT2D eigenvalue weighted by atomic mass is 35.5. The Kier molecular flexibility index (Phi) is 9.22. The molecule has 1 aliphatic rings. The Morgan fingerprint density at radius 3 is 2.77 bits per heavy atom. The zero-order chi connectivity index (χ0) is 29.0. The van der Waals surface area contributed by atoms with Crippen LogP contribution in [0.4, 0.5) is 28.9 Å². The topological polar surface area (TPSA) is 82.9 Å². The van der Waals surface area contributed by atoms with Gasteiger partial charge in [-0.1, -0.05) is 17.5 Å². The van der Waals surface area contributed by atoms with Gasteiger partial charge in [-0.05, 0) is 43.7 Å². The van der Waals surface area contributed by atoms with E-state index in [4.69, 9.17) is 16.3 Å². The third-order valence-electron chi connectivity index (χ3n) is 6.24. The molecular formula is C26H27ClF4N6O2S. The normalized spacial score (nSPS) is 17.7. The minimum atomic E-state index is -4.58. The van der Waals surface area contributed by atoms with Gasteiger partial charge in [0, 0.05) is 38.1 Å². The highest BCUT2D eigenvalue weighted by Gasteiger charge is 2.34. The Balaban J connectivity index is 1.61. The summed E-state index contributed by atoms with van der Waals surface area (Å²) >= 11 is 5.90. The van der Waals surface area contributed by atoms with Crippen LogP contribution >= 0.6 is 23.4 Å². The van der Waals surface area contributed by atoms with E-state index in [9.17, 15) is 22.4 Å². The first-order valence-corrected chi connectivity index (χ1v) is 13.4. The van der Waals surface area contributed by atoms with Crippen molar-refractivity contribution in [2.75, 3.05) is 51.5 Å². The molecule has 3 heterocycles. The molecular weight excluding hydrogens is 572 g/mol. The minimum Gasteiger partial charge on any atom is -0.495 e. The van der Waals surface area contributed by atoms with Crippen LogP contribution in [0.5, 0.6) is 5.75 Å². The molecule has 1 amide bonds. The highest BCUT2D eigenvalue weighted by Crippen LogP contribution is 2.39. The first-order chi connectivity index (χ1) is 19.0. The number of amides is 1. The standard InChI is InChI=1S/C26H27ClF4N6O2S/c1-32-24(38)15-12-22(39-3)21(13-16(15)27)33-9-4-6-20-25(40-26(29,30)31)37-10-5-7-19(23(37)35-20)34-18-8-11-36(2)14-17(18)28/h5,7,10,12-13,17-18,33-34H,8-9,11,14H2,1-3H3,(H,32,38)/t17-,18+/m0/s1. The number of hydrogen-bond donors (Lipinski definition) is 3. The van der Waals surface area contributed by atoms with E-state index in [0.717, 1.165) is 0 Å². The van der Waals surface area contributed by atoms with E-state index in [-0.39, 0.29) is 57.7 Å². The van der Waals surface area contributed by atoms with Crippen LogP contribution in [0.25, 0.3) is 5.65 Å². The van der Waals surface area contributed by atoms with E-state index < -0.39 is 17.7 Å². The summed E-state index contributed by atoms with van der Waals surface area (Å²) in [5, 5.41) is 8.60. The molecule has 1 fully saturated rings. The number of nitrogens with zero attached hydrogens (tertiary/aromatic N) is 3. The third-order valence-corrected chi connectivity index (χ3v) is 7.37. The van der Waals surface area contributed by atoms with Crippen molar-refractivity contribution >= 4 is 46.3 Å². The van der Waals surface area contributed by atoms with Crippen molar-refractivity contribution in [3.8, 4) is 17.6 Å². The number of rotatable bonds is 7. The summed E-state index contributed by atoms with van der Waals surface area (Å²) in [6.07, 6.45) is 0.867. The third kappa shape index (κ3) is 6.86. The van der Waals surface area contributed by atoms with Crippen molar-refractivity contribution in [1.29, 1.82) is 0 Å². The van der Waals surface area contributed by atoms with Gasteiger partial charge in [-0.15, -0.1) is 0 Å². The zero-order valence-electron chi connectivity index (χ0n) is 21.8. The number of nitrogens with one attached hydrogen (secondary N) is 3. The summed E-state index contributed by atoms with van der Waals surface area (Å²) < 4.78 is 61.7. The van der Waals surface area contributed by atoms with Crippen LogP contribution in [0.3, 0.4) is 0 Å². The number of pyridine rings is 1. The number of hydrogen-bond acceptors (Lipinski definition) is 7. The fourth-order valence-corrected chi connectivity index (χ4v) is 5.21. The molecule has 1 saturated heterocycles. The number of thioether (sulfide) groups is 1. The van der Waals surface area contributed by atoms with Crippen molar-refractivity contribution in [3.63, 3.8) is 0 Å². The molecule has 40 heavy (non-hydrogen) atoms. The van der Waals surface area contributed by atoms with Gasteiger partial charge in [-0.2, -0.15) is 13.2 Å². The average Bonchev–Trinajstić information content (AvgIpc) is 3.24. The van der Waals surface area contributed by atoms with Crippen molar-refractivity contribution in [3.05, 3.63) is 46.7 Å². The van der Waals surface area contributed by atoms with Crippen molar-refractivity contribution in [2.45, 2.75) is 29.2 Å². The molecule has 4 rings (SSSR count). The van der Waals surface area contributed by atoms with Gasteiger partial charge in [0.05, 0.1) is 41.7 Å². The number of benzene rings is 1. The predicted molar refractivity (Wildman–Crippen MR) is 148 cm³/mol. The fraction of sp³-hybridized carbons (Fsp3) is 0.385. The van der Waals surface area contributed by atoms with Crippen LogP contribution in [-0.2, 0) is 0 Å². The first-order valence-electron chi connectivity index (χ1n) is 12.2. The lowest BCUT2D eigenvalue weighted by Gasteiger charge is -2.33. The van der Waals surface area contributed by atoms with Crippen LogP contribution < -0.4 is 20.7 Å². The van der Waals surface area contributed by atoms with Gasteiger partial charge < -0.3 is 25.6 Å². The number of halogens is 5. The van der Waals surface area contributed by atoms with Gasteiger partial charge in [-0.25, -0.2) is 9.37 Å². The Bertz CT molecular complexity index is 1450. The summed E-state index contributed by atoms with van der Waals surface area (Å²) in [5.41, 5.74) is -3.34. The Morgan fingerprint density at radius 1 is 1.32 bits per heavy atom. The monoisotopic (exact) mass is 598 g/mol. The number of carbonyl (C=O) groups excluding carboxylic acids is 1. The number of imidazole rings is 1. The summed E-state index contributed by atoms with van der Waals surface area (Å²) in [7, 11) is 4.74.